The van der Waals surface area contributed by atoms with Gasteiger partial charge in [0.25, 0.3) is 0 Å². The Kier molecular flexibility index (Phi) is 6.27. The number of ether oxygens (including phenoxy) is 1. The molecule has 0 radical (unpaired) electrons. The molecule has 0 aromatic heterocycles. The normalized spacial score (nSPS) is 12.1. The lowest BCUT2D eigenvalue weighted by Crippen LogP contribution is -2.22. The predicted molar refractivity (Wildman–Crippen MR) is 91.9 cm³/mol. The molecule has 0 fully saturated rings. The van der Waals surface area contributed by atoms with E-state index in [0.717, 1.165) is 29.6 Å². The monoisotopic (exact) mass is 347 g/mol. The van der Waals surface area contributed by atoms with E-state index >= 15 is 0 Å². The molecule has 2 aromatic rings. The van der Waals surface area contributed by atoms with Crippen molar-refractivity contribution in [2.24, 2.45) is 0 Å². The molecular weight excluding hydrogens is 326 g/mol. The number of hydrogen-bond acceptors (Lipinski definition) is 2. The number of nitrogens with one attached hydrogen (secondary N) is 1. The molecule has 0 saturated carbocycles. The molecule has 0 heterocycles. The van der Waals surface area contributed by atoms with Crippen LogP contribution in [0.5, 0.6) is 5.75 Å². The molecule has 21 heavy (non-hydrogen) atoms. The summed E-state index contributed by atoms with van der Waals surface area (Å²) in [6, 6.07) is 17.1. The van der Waals surface area contributed by atoms with Gasteiger partial charge < -0.3 is 10.1 Å². The highest BCUT2D eigenvalue weighted by Crippen LogP contribution is 2.31. The van der Waals surface area contributed by atoms with Crippen LogP contribution in [0.15, 0.2) is 53.0 Å². The smallest absolute Gasteiger partial charge is 0.123 e. The van der Waals surface area contributed by atoms with Crippen LogP contribution in [0.25, 0.3) is 0 Å². The summed E-state index contributed by atoms with van der Waals surface area (Å²) in [5.41, 5.74) is 2.58. The Balaban J connectivity index is 2.16. The fourth-order valence-electron chi connectivity index (χ4n) is 2.55. The zero-order chi connectivity index (χ0) is 15.1. The van der Waals surface area contributed by atoms with Gasteiger partial charge in [-0.25, -0.2) is 0 Å². The van der Waals surface area contributed by atoms with Gasteiger partial charge in [-0.1, -0.05) is 53.2 Å². The second kappa shape index (κ2) is 8.20. The van der Waals surface area contributed by atoms with E-state index in [1.54, 1.807) is 7.11 Å². The third-order valence-corrected chi connectivity index (χ3v) is 4.08. The highest BCUT2D eigenvalue weighted by molar-refractivity contribution is 9.10. The summed E-state index contributed by atoms with van der Waals surface area (Å²) >= 11 is 3.56. The first-order valence-electron chi connectivity index (χ1n) is 7.35. The SMILES string of the molecule is CCNC(CCc1ccccc1)c1cc(Br)ccc1OC. The number of halogens is 1. The lowest BCUT2D eigenvalue weighted by atomic mass is 9.98. The Bertz CT molecular complexity index is 556. The van der Waals surface area contributed by atoms with E-state index in [2.05, 4.69) is 64.6 Å². The Morgan fingerprint density at radius 1 is 1.14 bits per heavy atom. The van der Waals surface area contributed by atoms with Gasteiger partial charge in [0.05, 0.1) is 7.11 Å². The molecule has 2 rings (SSSR count). The van der Waals surface area contributed by atoms with Gasteiger partial charge in [-0.05, 0) is 43.1 Å². The molecule has 0 amide bonds. The van der Waals surface area contributed by atoms with E-state index in [0.29, 0.717) is 6.04 Å². The zero-order valence-corrected chi connectivity index (χ0v) is 14.2. The van der Waals surface area contributed by atoms with Gasteiger partial charge in [0, 0.05) is 16.1 Å². The minimum atomic E-state index is 0.294. The Hall–Kier alpha value is -1.32. The number of aryl methyl sites for hydroxylation is 1. The number of benzene rings is 2. The van der Waals surface area contributed by atoms with Gasteiger partial charge in [-0.2, -0.15) is 0 Å². The fourth-order valence-corrected chi connectivity index (χ4v) is 2.93. The first-order valence-corrected chi connectivity index (χ1v) is 8.14. The first-order chi connectivity index (χ1) is 10.2. The highest BCUT2D eigenvalue weighted by Gasteiger charge is 2.15. The molecular formula is C18H22BrNO. The third kappa shape index (κ3) is 4.58. The van der Waals surface area contributed by atoms with E-state index < -0.39 is 0 Å². The van der Waals surface area contributed by atoms with E-state index in [4.69, 9.17) is 4.74 Å². The van der Waals surface area contributed by atoms with Crippen LogP contribution in [0, 0.1) is 0 Å². The van der Waals surface area contributed by atoms with Crippen molar-refractivity contribution in [1.29, 1.82) is 0 Å². The Morgan fingerprint density at radius 2 is 1.90 bits per heavy atom. The third-order valence-electron chi connectivity index (χ3n) is 3.58. The maximum absolute atomic E-state index is 5.52. The number of hydrogen-bond donors (Lipinski definition) is 1. The molecule has 2 nitrogen and oxygen atoms in total. The lowest BCUT2D eigenvalue weighted by Gasteiger charge is -2.21. The van der Waals surface area contributed by atoms with Crippen LogP contribution in [-0.2, 0) is 6.42 Å². The minimum absolute atomic E-state index is 0.294. The van der Waals surface area contributed by atoms with E-state index in [1.807, 2.05) is 12.1 Å². The topological polar surface area (TPSA) is 21.3 Å². The van der Waals surface area contributed by atoms with Crippen molar-refractivity contribution in [3.8, 4) is 5.75 Å². The van der Waals surface area contributed by atoms with Gasteiger partial charge in [0.2, 0.25) is 0 Å². The van der Waals surface area contributed by atoms with Crippen molar-refractivity contribution < 1.29 is 4.74 Å². The fraction of sp³-hybridized carbons (Fsp3) is 0.333. The van der Waals surface area contributed by atoms with Crippen LogP contribution in [0.2, 0.25) is 0 Å². The van der Waals surface area contributed by atoms with Gasteiger partial charge in [-0.15, -0.1) is 0 Å². The van der Waals surface area contributed by atoms with Crippen molar-refractivity contribution in [1.82, 2.24) is 5.32 Å². The largest absolute Gasteiger partial charge is 0.496 e. The second-order valence-electron chi connectivity index (χ2n) is 5.02. The van der Waals surface area contributed by atoms with Crippen molar-refractivity contribution in [2.75, 3.05) is 13.7 Å². The highest BCUT2D eigenvalue weighted by atomic mass is 79.9. The summed E-state index contributed by atoms with van der Waals surface area (Å²) in [6.45, 7) is 3.08. The van der Waals surface area contributed by atoms with Crippen LogP contribution in [0.4, 0.5) is 0 Å². The van der Waals surface area contributed by atoms with Crippen LogP contribution < -0.4 is 10.1 Å². The molecule has 0 aliphatic carbocycles. The van der Waals surface area contributed by atoms with E-state index in [-0.39, 0.29) is 0 Å². The molecule has 0 spiro atoms. The predicted octanol–water partition coefficient (Wildman–Crippen LogP) is 4.74. The summed E-state index contributed by atoms with van der Waals surface area (Å²) in [4.78, 5) is 0. The second-order valence-corrected chi connectivity index (χ2v) is 5.94. The Morgan fingerprint density at radius 3 is 2.57 bits per heavy atom. The maximum atomic E-state index is 5.52. The molecule has 2 aromatic carbocycles. The van der Waals surface area contributed by atoms with Crippen LogP contribution in [0.1, 0.15) is 30.5 Å². The summed E-state index contributed by atoms with van der Waals surface area (Å²) in [5, 5.41) is 3.57. The molecule has 112 valence electrons. The lowest BCUT2D eigenvalue weighted by molar-refractivity contribution is 0.396. The molecule has 0 saturated heterocycles. The van der Waals surface area contributed by atoms with Gasteiger partial charge in [-0.3, -0.25) is 0 Å². The Labute approximate surface area is 135 Å². The molecule has 1 unspecified atom stereocenters. The molecule has 3 heteroatoms. The van der Waals surface area contributed by atoms with Crippen LogP contribution >= 0.6 is 15.9 Å². The van der Waals surface area contributed by atoms with E-state index in [1.165, 1.54) is 11.1 Å². The van der Waals surface area contributed by atoms with Crippen molar-refractivity contribution >= 4 is 15.9 Å². The summed E-state index contributed by atoms with van der Waals surface area (Å²) < 4.78 is 6.60. The zero-order valence-electron chi connectivity index (χ0n) is 12.6. The van der Waals surface area contributed by atoms with Crippen molar-refractivity contribution in [2.45, 2.75) is 25.8 Å². The minimum Gasteiger partial charge on any atom is -0.496 e. The quantitative estimate of drug-likeness (QED) is 0.780. The first kappa shape index (κ1) is 16.1. The van der Waals surface area contributed by atoms with Gasteiger partial charge in [0.1, 0.15) is 5.75 Å². The molecule has 0 aliphatic rings. The van der Waals surface area contributed by atoms with Gasteiger partial charge >= 0.3 is 0 Å². The van der Waals surface area contributed by atoms with Crippen LogP contribution in [0.3, 0.4) is 0 Å². The average Bonchev–Trinajstić information content (AvgIpc) is 2.52. The standard InChI is InChI=1S/C18H22BrNO/c1-3-20-17(11-9-14-7-5-4-6-8-14)16-13-15(19)10-12-18(16)21-2/h4-8,10,12-13,17,20H,3,9,11H2,1-2H3. The number of rotatable bonds is 7. The van der Waals surface area contributed by atoms with Crippen LogP contribution in [-0.4, -0.2) is 13.7 Å². The van der Waals surface area contributed by atoms with Gasteiger partial charge in [0.15, 0.2) is 0 Å². The molecule has 1 N–H and O–H groups in total. The maximum Gasteiger partial charge on any atom is 0.123 e. The summed E-state index contributed by atoms with van der Waals surface area (Å²) in [6.07, 6.45) is 2.10. The van der Waals surface area contributed by atoms with Crippen molar-refractivity contribution in [3.05, 3.63) is 64.1 Å². The molecule has 0 bridgehead atoms. The van der Waals surface area contributed by atoms with Crippen molar-refractivity contribution in [3.63, 3.8) is 0 Å². The number of methoxy groups -OCH3 is 1. The molecule has 1 atom stereocenters. The summed E-state index contributed by atoms with van der Waals surface area (Å²) in [7, 11) is 1.73. The van der Waals surface area contributed by atoms with E-state index in [9.17, 15) is 0 Å². The summed E-state index contributed by atoms with van der Waals surface area (Å²) in [5.74, 6) is 0.942. The average molecular weight is 348 g/mol. The molecule has 0 aliphatic heterocycles.